The maximum absolute atomic E-state index is 13.6. The van der Waals surface area contributed by atoms with Crippen LogP contribution in [0.5, 0.6) is 5.75 Å². The lowest BCUT2D eigenvalue weighted by Crippen LogP contribution is -2.36. The maximum Gasteiger partial charge on any atom is 0.308 e. The van der Waals surface area contributed by atoms with Crippen molar-refractivity contribution in [2.24, 2.45) is 5.92 Å². The highest BCUT2D eigenvalue weighted by Crippen LogP contribution is 2.36. The van der Waals surface area contributed by atoms with Gasteiger partial charge >= 0.3 is 5.97 Å². The zero-order valence-electron chi connectivity index (χ0n) is 20.7. The second-order valence-corrected chi connectivity index (χ2v) is 9.78. The largest absolute Gasteiger partial charge is 0.491 e. The Hall–Kier alpha value is -3.92. The molecular formula is C27H27ClFN5O4. The number of amides is 1. The van der Waals surface area contributed by atoms with Gasteiger partial charge in [0.1, 0.15) is 30.3 Å². The Bertz CT molecular complexity index is 1400. The number of nitrogens with one attached hydrogen (secondary N) is 2. The number of halogens is 2. The summed E-state index contributed by atoms with van der Waals surface area (Å²) in [6, 6.07) is 7.83. The van der Waals surface area contributed by atoms with Crippen LogP contribution >= 0.6 is 11.6 Å². The normalized spacial score (nSPS) is 17.0. The number of ether oxygens (including phenoxy) is 2. The summed E-state index contributed by atoms with van der Waals surface area (Å²) >= 11 is 5.94. The molecule has 2 aromatic carbocycles. The van der Waals surface area contributed by atoms with Gasteiger partial charge in [0.2, 0.25) is 5.91 Å². The molecule has 2 fully saturated rings. The first-order chi connectivity index (χ1) is 18.4. The number of hydrogen-bond acceptors (Lipinski definition) is 8. The third-order valence-corrected chi connectivity index (χ3v) is 6.79. The van der Waals surface area contributed by atoms with E-state index in [0.29, 0.717) is 47.5 Å². The number of carbonyl (C=O) groups excluding carboxylic acids is 2. The van der Waals surface area contributed by atoms with Crippen molar-refractivity contribution in [1.82, 2.24) is 14.9 Å². The van der Waals surface area contributed by atoms with Crippen LogP contribution in [0, 0.1) is 11.7 Å². The topological polar surface area (TPSA) is 106 Å². The second kappa shape index (κ2) is 11.2. The third-order valence-electron chi connectivity index (χ3n) is 6.50. The number of benzene rings is 2. The average Bonchev–Trinajstić information content (AvgIpc) is 3.64. The first kappa shape index (κ1) is 25.7. The monoisotopic (exact) mass is 539 g/mol. The number of nitrogens with zero attached hydrogens (tertiary/aromatic N) is 3. The van der Waals surface area contributed by atoms with Crippen LogP contribution in [0.1, 0.15) is 19.3 Å². The van der Waals surface area contributed by atoms with Gasteiger partial charge in [0.05, 0.1) is 35.3 Å². The van der Waals surface area contributed by atoms with Gasteiger partial charge in [0.25, 0.3) is 0 Å². The van der Waals surface area contributed by atoms with E-state index in [4.69, 9.17) is 21.1 Å². The van der Waals surface area contributed by atoms with Crippen LogP contribution in [-0.4, -0.2) is 59.6 Å². The molecule has 1 saturated carbocycles. The molecular weight excluding hydrogens is 513 g/mol. The molecule has 9 nitrogen and oxygen atoms in total. The predicted octanol–water partition coefficient (Wildman–Crippen LogP) is 4.70. The van der Waals surface area contributed by atoms with Gasteiger partial charge in [-0.15, -0.1) is 0 Å². The van der Waals surface area contributed by atoms with Gasteiger partial charge in [-0.3, -0.25) is 9.59 Å². The fourth-order valence-electron chi connectivity index (χ4n) is 4.02. The Morgan fingerprint density at radius 1 is 1.29 bits per heavy atom. The van der Waals surface area contributed by atoms with Gasteiger partial charge < -0.3 is 25.0 Å². The van der Waals surface area contributed by atoms with Crippen molar-refractivity contribution >= 4 is 51.6 Å². The molecule has 2 aliphatic rings. The smallest absolute Gasteiger partial charge is 0.308 e. The molecule has 1 saturated heterocycles. The van der Waals surface area contributed by atoms with Crippen LogP contribution < -0.4 is 15.4 Å². The lowest BCUT2D eigenvalue weighted by molar-refractivity contribution is -0.138. The molecule has 0 bridgehead atoms. The Kier molecular flexibility index (Phi) is 7.59. The van der Waals surface area contributed by atoms with Crippen LogP contribution in [0.3, 0.4) is 0 Å². The number of cyclic esters (lactones) is 1. The second-order valence-electron chi connectivity index (χ2n) is 9.37. The third kappa shape index (κ3) is 6.13. The van der Waals surface area contributed by atoms with Crippen LogP contribution in [0.4, 0.5) is 21.6 Å². The standard InChI is InChI=1S/C27H27ClFN5O4/c1-34(18-10-26(36)38-14-18)25(35)3-2-8-30-23-11-19-22(12-24(23)37-13-16-4-5-16)31-15-32-27(19)33-17-6-7-21(29)20(28)9-17/h2-3,6-7,9,11-12,15-16,18,30H,4-5,8,10,13-14H2,1H3,(H,31,32,33). The van der Waals surface area contributed by atoms with Crippen molar-refractivity contribution in [1.29, 1.82) is 0 Å². The molecule has 1 aliphatic heterocycles. The zero-order chi connectivity index (χ0) is 26.6. The highest BCUT2D eigenvalue weighted by molar-refractivity contribution is 6.31. The van der Waals surface area contributed by atoms with E-state index in [2.05, 4.69) is 20.6 Å². The number of fused-ring (bicyclic) bond motifs is 1. The lowest BCUT2D eigenvalue weighted by atomic mass is 10.1. The van der Waals surface area contributed by atoms with Crippen molar-refractivity contribution in [2.75, 3.05) is 37.4 Å². The molecule has 0 spiro atoms. The molecule has 1 unspecified atom stereocenters. The molecule has 1 amide bonds. The maximum atomic E-state index is 13.6. The van der Waals surface area contributed by atoms with Gasteiger partial charge in [0.15, 0.2) is 0 Å². The summed E-state index contributed by atoms with van der Waals surface area (Å²) in [5, 5.41) is 7.22. The summed E-state index contributed by atoms with van der Waals surface area (Å²) in [6.07, 6.45) is 7.14. The van der Waals surface area contributed by atoms with Gasteiger partial charge in [-0.2, -0.15) is 0 Å². The van der Waals surface area contributed by atoms with E-state index in [1.807, 2.05) is 12.1 Å². The fourth-order valence-corrected chi connectivity index (χ4v) is 4.20. The number of rotatable bonds is 10. The molecule has 11 heteroatoms. The molecule has 198 valence electrons. The van der Waals surface area contributed by atoms with Gasteiger partial charge in [-0.25, -0.2) is 14.4 Å². The van der Waals surface area contributed by atoms with E-state index in [-0.39, 0.29) is 36.0 Å². The van der Waals surface area contributed by atoms with Gasteiger partial charge in [-0.1, -0.05) is 17.7 Å². The summed E-state index contributed by atoms with van der Waals surface area (Å²) in [5.74, 6) is 0.722. The Morgan fingerprint density at radius 3 is 2.87 bits per heavy atom. The van der Waals surface area contributed by atoms with E-state index in [1.165, 1.54) is 29.4 Å². The minimum absolute atomic E-state index is 0.00511. The molecule has 1 aliphatic carbocycles. The molecule has 2 heterocycles. The van der Waals surface area contributed by atoms with Crippen LogP contribution in [0.25, 0.3) is 10.9 Å². The summed E-state index contributed by atoms with van der Waals surface area (Å²) in [7, 11) is 1.66. The van der Waals surface area contributed by atoms with Crippen LogP contribution in [-0.2, 0) is 14.3 Å². The Labute approximate surface area is 224 Å². The lowest BCUT2D eigenvalue weighted by Gasteiger charge is -2.20. The molecule has 2 N–H and O–H groups in total. The summed E-state index contributed by atoms with van der Waals surface area (Å²) in [6.45, 7) is 1.19. The number of likely N-dealkylation sites (N-methyl/N-ethyl adjacent to an activating group) is 1. The van der Waals surface area contributed by atoms with Crippen molar-refractivity contribution < 1.29 is 23.5 Å². The molecule has 0 radical (unpaired) electrons. The Morgan fingerprint density at radius 2 is 2.13 bits per heavy atom. The predicted molar refractivity (Wildman–Crippen MR) is 142 cm³/mol. The number of anilines is 3. The van der Waals surface area contributed by atoms with E-state index in [1.54, 1.807) is 19.2 Å². The van der Waals surface area contributed by atoms with Gasteiger partial charge in [-0.05, 0) is 43.0 Å². The molecule has 38 heavy (non-hydrogen) atoms. The molecule has 1 aromatic heterocycles. The molecule has 1 atom stereocenters. The fraction of sp³-hybridized carbons (Fsp3) is 0.333. The van der Waals surface area contributed by atoms with Crippen molar-refractivity contribution in [3.05, 3.63) is 59.7 Å². The number of carbonyl (C=O) groups is 2. The SMILES string of the molecule is CN(C(=O)C=CCNc1cc2c(Nc3ccc(F)c(Cl)c3)ncnc2cc1OCC1CC1)C1COC(=O)C1. The van der Waals surface area contributed by atoms with Crippen molar-refractivity contribution in [2.45, 2.75) is 25.3 Å². The first-order valence-corrected chi connectivity index (χ1v) is 12.7. The summed E-state index contributed by atoms with van der Waals surface area (Å²) in [4.78, 5) is 34.1. The highest BCUT2D eigenvalue weighted by Gasteiger charge is 2.29. The number of aromatic nitrogens is 2. The minimum atomic E-state index is -0.503. The van der Waals surface area contributed by atoms with E-state index >= 15 is 0 Å². The highest BCUT2D eigenvalue weighted by atomic mass is 35.5. The van der Waals surface area contributed by atoms with E-state index in [0.717, 1.165) is 18.2 Å². The first-order valence-electron chi connectivity index (χ1n) is 12.3. The Balaban J connectivity index is 1.34. The van der Waals surface area contributed by atoms with E-state index < -0.39 is 5.82 Å². The molecule has 3 aromatic rings. The van der Waals surface area contributed by atoms with Crippen LogP contribution in [0.15, 0.2) is 48.8 Å². The number of esters is 1. The van der Waals surface area contributed by atoms with Crippen molar-refractivity contribution in [3.8, 4) is 5.75 Å². The van der Waals surface area contributed by atoms with Crippen molar-refractivity contribution in [3.63, 3.8) is 0 Å². The average molecular weight is 540 g/mol. The quantitative estimate of drug-likeness (QED) is 0.282. The number of hydrogen-bond donors (Lipinski definition) is 2. The van der Waals surface area contributed by atoms with Crippen LogP contribution in [0.2, 0.25) is 5.02 Å². The summed E-state index contributed by atoms with van der Waals surface area (Å²) in [5.41, 5.74) is 1.97. The van der Waals surface area contributed by atoms with E-state index in [9.17, 15) is 14.0 Å². The minimum Gasteiger partial charge on any atom is -0.491 e. The van der Waals surface area contributed by atoms with Gasteiger partial charge in [0, 0.05) is 36.8 Å². The molecule has 5 rings (SSSR count). The zero-order valence-corrected chi connectivity index (χ0v) is 21.5. The summed E-state index contributed by atoms with van der Waals surface area (Å²) < 4.78 is 24.7.